The highest BCUT2D eigenvalue weighted by molar-refractivity contribution is 9.10. The number of aryl methyl sites for hydroxylation is 1. The second-order valence-corrected chi connectivity index (χ2v) is 10.5. The highest BCUT2D eigenvalue weighted by atomic mass is 79.9. The largest absolute Gasteiger partial charge is 0.347 e. The summed E-state index contributed by atoms with van der Waals surface area (Å²) in [6.45, 7) is 2.45. The highest BCUT2D eigenvalue weighted by Gasteiger charge is 2.31. The third-order valence-corrected chi connectivity index (χ3v) is 7.89. The zero-order valence-electron chi connectivity index (χ0n) is 14.5. The van der Waals surface area contributed by atoms with Gasteiger partial charge in [-0.05, 0) is 42.3 Å². The van der Waals surface area contributed by atoms with E-state index in [4.69, 9.17) is 0 Å². The van der Waals surface area contributed by atoms with Crippen molar-refractivity contribution in [2.45, 2.75) is 24.1 Å². The molecule has 1 aliphatic heterocycles. The summed E-state index contributed by atoms with van der Waals surface area (Å²) >= 11 is 4.74. The number of amides is 1. The summed E-state index contributed by atoms with van der Waals surface area (Å²) in [6.07, 6.45) is 0. The fourth-order valence-corrected chi connectivity index (χ4v) is 6.29. The number of nitrogens with one attached hydrogen (secondary N) is 1. The van der Waals surface area contributed by atoms with Crippen molar-refractivity contribution in [1.82, 2.24) is 5.32 Å². The van der Waals surface area contributed by atoms with Crippen LogP contribution in [-0.4, -0.2) is 14.3 Å². The first-order valence-corrected chi connectivity index (χ1v) is 11.6. The first-order valence-electron chi connectivity index (χ1n) is 8.32. The van der Waals surface area contributed by atoms with Crippen LogP contribution in [0, 0.1) is 6.92 Å². The Morgan fingerprint density at radius 3 is 2.63 bits per heavy atom. The van der Waals surface area contributed by atoms with Crippen molar-refractivity contribution < 1.29 is 13.2 Å². The van der Waals surface area contributed by atoms with Gasteiger partial charge in [-0.2, -0.15) is 0 Å². The van der Waals surface area contributed by atoms with Crippen molar-refractivity contribution in [3.05, 3.63) is 74.6 Å². The fourth-order valence-electron chi connectivity index (χ4n) is 3.08. The molecule has 1 amide bonds. The maximum Gasteiger partial charge on any atom is 0.261 e. The van der Waals surface area contributed by atoms with Gasteiger partial charge in [0.1, 0.15) is 0 Å². The Balaban J connectivity index is 1.62. The molecule has 0 spiro atoms. The van der Waals surface area contributed by atoms with Gasteiger partial charge in [0.05, 0.1) is 15.5 Å². The molecule has 0 bridgehead atoms. The fraction of sp³-hybridized carbons (Fsp3) is 0.150. The van der Waals surface area contributed by atoms with Crippen molar-refractivity contribution in [3.8, 4) is 10.4 Å². The lowest BCUT2D eigenvalue weighted by Crippen LogP contribution is -2.21. The molecule has 0 atom stereocenters. The van der Waals surface area contributed by atoms with Crippen LogP contribution >= 0.6 is 27.3 Å². The van der Waals surface area contributed by atoms with E-state index in [1.54, 1.807) is 24.3 Å². The van der Waals surface area contributed by atoms with Gasteiger partial charge in [0.25, 0.3) is 5.91 Å². The SMILES string of the molecule is Cc1ccc(CNC(=O)c2cc3c(s2)-c2cc(Br)ccc2S(=O)(=O)C3)cc1. The molecule has 0 saturated carbocycles. The third kappa shape index (κ3) is 3.59. The van der Waals surface area contributed by atoms with E-state index in [0.717, 1.165) is 14.9 Å². The van der Waals surface area contributed by atoms with E-state index in [9.17, 15) is 13.2 Å². The Labute approximate surface area is 170 Å². The molecule has 7 heteroatoms. The van der Waals surface area contributed by atoms with Crippen LogP contribution in [0.15, 0.2) is 57.9 Å². The minimum Gasteiger partial charge on any atom is -0.347 e. The van der Waals surface area contributed by atoms with E-state index in [2.05, 4.69) is 21.2 Å². The summed E-state index contributed by atoms with van der Waals surface area (Å²) < 4.78 is 25.9. The molecule has 2 aromatic carbocycles. The first-order chi connectivity index (χ1) is 12.8. The molecule has 3 aromatic rings. The van der Waals surface area contributed by atoms with Crippen molar-refractivity contribution in [2.24, 2.45) is 0 Å². The molecule has 0 aliphatic carbocycles. The smallest absolute Gasteiger partial charge is 0.261 e. The molecule has 27 heavy (non-hydrogen) atoms. The number of fused-ring (bicyclic) bond motifs is 3. The minimum absolute atomic E-state index is 0.0707. The number of carbonyl (C=O) groups is 1. The van der Waals surface area contributed by atoms with Gasteiger partial charge in [-0.15, -0.1) is 11.3 Å². The first kappa shape index (κ1) is 18.4. The molecule has 1 aliphatic rings. The molecule has 0 unspecified atom stereocenters. The second-order valence-electron chi connectivity index (χ2n) is 6.53. The predicted molar refractivity (Wildman–Crippen MR) is 111 cm³/mol. The van der Waals surface area contributed by atoms with Gasteiger partial charge in [-0.25, -0.2) is 8.42 Å². The number of sulfone groups is 1. The Kier molecular flexibility index (Phi) is 4.70. The molecular formula is C20H16BrNO3S2. The topological polar surface area (TPSA) is 63.2 Å². The summed E-state index contributed by atoms with van der Waals surface area (Å²) in [7, 11) is -3.39. The molecule has 0 saturated heterocycles. The quantitative estimate of drug-likeness (QED) is 0.614. The predicted octanol–water partition coefficient (Wildman–Crippen LogP) is 4.70. The van der Waals surface area contributed by atoms with Crippen LogP contribution in [0.5, 0.6) is 0 Å². The van der Waals surface area contributed by atoms with Gasteiger partial charge in [0.15, 0.2) is 9.84 Å². The summed E-state index contributed by atoms with van der Waals surface area (Å²) in [4.78, 5) is 14.3. The lowest BCUT2D eigenvalue weighted by molar-refractivity contribution is 0.0955. The van der Waals surface area contributed by atoms with Crippen LogP contribution in [0.2, 0.25) is 0 Å². The molecule has 1 aromatic heterocycles. The molecule has 0 radical (unpaired) electrons. The molecule has 0 fully saturated rings. The van der Waals surface area contributed by atoms with Crippen molar-refractivity contribution in [2.75, 3.05) is 0 Å². The Bertz CT molecular complexity index is 1150. The van der Waals surface area contributed by atoms with Crippen molar-refractivity contribution in [3.63, 3.8) is 0 Å². The van der Waals surface area contributed by atoms with Crippen LogP contribution in [0.1, 0.15) is 26.4 Å². The molecule has 1 N–H and O–H groups in total. The number of halogens is 1. The average Bonchev–Trinajstić information content (AvgIpc) is 3.04. The normalized spacial score (nSPS) is 14.3. The molecule has 4 nitrogen and oxygen atoms in total. The number of benzene rings is 2. The Morgan fingerprint density at radius 2 is 1.89 bits per heavy atom. The Hall–Kier alpha value is -1.96. The van der Waals surface area contributed by atoms with Crippen LogP contribution in [0.4, 0.5) is 0 Å². The monoisotopic (exact) mass is 461 g/mol. The zero-order valence-corrected chi connectivity index (χ0v) is 17.7. The van der Waals surface area contributed by atoms with Gasteiger partial charge >= 0.3 is 0 Å². The van der Waals surface area contributed by atoms with Crippen molar-refractivity contribution in [1.29, 1.82) is 0 Å². The standard InChI is InChI=1S/C20H16BrNO3S2/c1-12-2-4-13(5-3-12)10-22-20(23)17-8-14-11-27(24,25)18-7-6-15(21)9-16(18)19(14)26-17/h2-9H,10-11H2,1H3,(H,22,23). The number of hydrogen-bond acceptors (Lipinski definition) is 4. The summed E-state index contributed by atoms with van der Waals surface area (Å²) in [5.41, 5.74) is 3.54. The summed E-state index contributed by atoms with van der Waals surface area (Å²) in [5, 5.41) is 2.91. The lowest BCUT2D eigenvalue weighted by Gasteiger charge is -2.16. The van der Waals surface area contributed by atoms with Crippen LogP contribution < -0.4 is 5.32 Å². The van der Waals surface area contributed by atoms with E-state index < -0.39 is 9.84 Å². The number of rotatable bonds is 3. The summed E-state index contributed by atoms with van der Waals surface area (Å²) in [6, 6.07) is 14.8. The van der Waals surface area contributed by atoms with Crippen LogP contribution in [-0.2, 0) is 22.1 Å². The number of carbonyl (C=O) groups excluding carboxylic acids is 1. The summed E-state index contributed by atoms with van der Waals surface area (Å²) in [5.74, 6) is -0.262. The second kappa shape index (κ2) is 6.89. The van der Waals surface area contributed by atoms with Gasteiger partial charge in [0.2, 0.25) is 0 Å². The van der Waals surface area contributed by atoms with E-state index in [1.165, 1.54) is 16.9 Å². The van der Waals surface area contributed by atoms with Gasteiger partial charge in [-0.3, -0.25) is 4.79 Å². The van der Waals surface area contributed by atoms with Gasteiger partial charge in [0, 0.05) is 21.5 Å². The van der Waals surface area contributed by atoms with E-state index >= 15 is 0 Å². The molecule has 4 rings (SSSR count). The van der Waals surface area contributed by atoms with Crippen LogP contribution in [0.3, 0.4) is 0 Å². The van der Waals surface area contributed by atoms with E-state index in [-0.39, 0.29) is 11.7 Å². The van der Waals surface area contributed by atoms with Gasteiger partial charge in [-0.1, -0.05) is 45.8 Å². The maximum atomic E-state index is 12.6. The highest BCUT2D eigenvalue weighted by Crippen LogP contribution is 2.43. The van der Waals surface area contributed by atoms with Crippen LogP contribution in [0.25, 0.3) is 10.4 Å². The zero-order chi connectivity index (χ0) is 19.2. The van der Waals surface area contributed by atoms with Crippen molar-refractivity contribution >= 4 is 43.0 Å². The lowest BCUT2D eigenvalue weighted by atomic mass is 10.1. The maximum absolute atomic E-state index is 12.6. The molecule has 138 valence electrons. The van der Waals surface area contributed by atoms with E-state index in [1.807, 2.05) is 31.2 Å². The average molecular weight is 462 g/mol. The number of thiophene rings is 1. The Morgan fingerprint density at radius 1 is 1.15 bits per heavy atom. The molecular weight excluding hydrogens is 446 g/mol. The molecule has 2 heterocycles. The minimum atomic E-state index is -3.39. The number of hydrogen-bond donors (Lipinski definition) is 1. The van der Waals surface area contributed by atoms with E-state index in [0.29, 0.717) is 27.4 Å². The van der Waals surface area contributed by atoms with Gasteiger partial charge < -0.3 is 5.32 Å². The third-order valence-electron chi connectivity index (χ3n) is 4.47.